The van der Waals surface area contributed by atoms with Crippen LogP contribution in [-0.4, -0.2) is 23.8 Å². The third-order valence-corrected chi connectivity index (χ3v) is 4.71. The summed E-state index contributed by atoms with van der Waals surface area (Å²) in [6.45, 7) is 5.54. The Bertz CT molecular complexity index is 941. The van der Waals surface area contributed by atoms with Gasteiger partial charge in [-0.05, 0) is 37.1 Å². The zero-order valence-corrected chi connectivity index (χ0v) is 15.2. The number of nitrogens with zero attached hydrogens (tertiary/aromatic N) is 3. The molecule has 0 atom stereocenters. The van der Waals surface area contributed by atoms with Gasteiger partial charge in [0.15, 0.2) is 0 Å². The molecule has 132 valence electrons. The topological polar surface area (TPSA) is 51.4 Å². The first-order valence-corrected chi connectivity index (χ1v) is 8.63. The van der Waals surface area contributed by atoms with Crippen molar-refractivity contribution < 1.29 is 9.26 Å². The highest BCUT2D eigenvalue weighted by Gasteiger charge is 2.21. The number of fused-ring (bicyclic) bond motifs is 1. The average molecular weight is 347 g/mol. The second kappa shape index (κ2) is 6.67. The van der Waals surface area contributed by atoms with E-state index in [9.17, 15) is 0 Å². The van der Waals surface area contributed by atoms with Crippen molar-refractivity contribution in [1.29, 1.82) is 0 Å². The lowest BCUT2D eigenvalue weighted by molar-refractivity contribution is 0.393. The summed E-state index contributed by atoms with van der Waals surface area (Å²) < 4.78 is 11.1. The summed E-state index contributed by atoms with van der Waals surface area (Å²) in [4.78, 5) is 6.55. The molecule has 0 fully saturated rings. The van der Waals surface area contributed by atoms with Gasteiger partial charge in [-0.1, -0.05) is 23.4 Å². The predicted molar refractivity (Wildman–Crippen MR) is 102 cm³/mol. The number of anilines is 1. The van der Waals surface area contributed by atoms with Crippen LogP contribution in [0.3, 0.4) is 0 Å². The van der Waals surface area contributed by atoms with Crippen LogP contribution in [0.15, 0.2) is 47.3 Å². The van der Waals surface area contributed by atoms with Gasteiger partial charge in [0.1, 0.15) is 11.5 Å². The first-order chi connectivity index (χ1) is 12.7. The second-order valence-electron chi connectivity index (χ2n) is 6.45. The van der Waals surface area contributed by atoms with Crippen molar-refractivity contribution in [1.82, 2.24) is 10.1 Å². The van der Waals surface area contributed by atoms with E-state index in [0.29, 0.717) is 0 Å². The first-order valence-electron chi connectivity index (χ1n) is 8.63. The van der Waals surface area contributed by atoms with E-state index in [4.69, 9.17) is 9.26 Å². The highest BCUT2D eigenvalue weighted by Crippen LogP contribution is 2.41. The van der Waals surface area contributed by atoms with Crippen molar-refractivity contribution in [2.45, 2.75) is 20.4 Å². The first kappa shape index (κ1) is 16.4. The molecule has 2 aromatic heterocycles. The Morgan fingerprint density at radius 1 is 1.27 bits per heavy atom. The van der Waals surface area contributed by atoms with Gasteiger partial charge in [-0.2, -0.15) is 0 Å². The molecule has 1 aliphatic heterocycles. The lowest BCUT2D eigenvalue weighted by Crippen LogP contribution is -2.25. The van der Waals surface area contributed by atoms with Crippen LogP contribution in [0.5, 0.6) is 5.75 Å². The van der Waals surface area contributed by atoms with Gasteiger partial charge in [0.05, 0.1) is 18.4 Å². The van der Waals surface area contributed by atoms with E-state index in [1.807, 2.05) is 26.1 Å². The molecule has 4 rings (SSSR count). The fourth-order valence-corrected chi connectivity index (χ4v) is 3.49. The summed E-state index contributed by atoms with van der Waals surface area (Å²) in [6, 6.07) is 8.33. The van der Waals surface area contributed by atoms with Gasteiger partial charge < -0.3 is 14.2 Å². The number of benzene rings is 1. The van der Waals surface area contributed by atoms with E-state index >= 15 is 0 Å². The van der Waals surface area contributed by atoms with Gasteiger partial charge in [0.2, 0.25) is 0 Å². The zero-order valence-electron chi connectivity index (χ0n) is 15.2. The van der Waals surface area contributed by atoms with Crippen LogP contribution >= 0.6 is 0 Å². The molecule has 0 saturated carbocycles. The third-order valence-electron chi connectivity index (χ3n) is 4.71. The Balaban J connectivity index is 1.78. The van der Waals surface area contributed by atoms with Crippen LogP contribution in [0.4, 0.5) is 5.69 Å². The predicted octanol–water partition coefficient (Wildman–Crippen LogP) is 4.40. The van der Waals surface area contributed by atoms with E-state index in [0.717, 1.165) is 52.7 Å². The number of aryl methyl sites for hydroxylation is 2. The molecule has 0 radical (unpaired) electrons. The van der Waals surface area contributed by atoms with Crippen molar-refractivity contribution in [3.63, 3.8) is 0 Å². The molecule has 0 unspecified atom stereocenters. The quantitative estimate of drug-likeness (QED) is 0.700. The monoisotopic (exact) mass is 347 g/mol. The molecule has 0 spiro atoms. The van der Waals surface area contributed by atoms with Gasteiger partial charge in [-0.3, -0.25) is 4.98 Å². The molecule has 0 saturated heterocycles. The summed E-state index contributed by atoms with van der Waals surface area (Å²) in [5.74, 6) is 1.62. The van der Waals surface area contributed by atoms with Gasteiger partial charge in [-0.15, -0.1) is 0 Å². The van der Waals surface area contributed by atoms with Crippen molar-refractivity contribution in [3.05, 3.63) is 65.3 Å². The van der Waals surface area contributed by atoms with Gasteiger partial charge in [0.25, 0.3) is 0 Å². The summed E-state index contributed by atoms with van der Waals surface area (Å²) in [5, 5.41) is 4.08. The highest BCUT2D eigenvalue weighted by atomic mass is 16.5. The Kier molecular flexibility index (Phi) is 4.21. The van der Waals surface area contributed by atoms with Crippen LogP contribution in [0.25, 0.3) is 17.2 Å². The summed E-state index contributed by atoms with van der Waals surface area (Å²) >= 11 is 0. The molecule has 1 aromatic carbocycles. The minimum absolute atomic E-state index is 0.799. The molecule has 0 aliphatic carbocycles. The summed E-state index contributed by atoms with van der Waals surface area (Å²) in [7, 11) is 1.70. The molecular weight excluding hydrogens is 326 g/mol. The molecular formula is C21H21N3O2. The van der Waals surface area contributed by atoms with E-state index in [1.54, 1.807) is 13.3 Å². The smallest absolute Gasteiger partial charge is 0.141 e. The van der Waals surface area contributed by atoms with Gasteiger partial charge in [-0.25, -0.2) is 0 Å². The van der Waals surface area contributed by atoms with Crippen molar-refractivity contribution in [2.75, 3.05) is 18.6 Å². The van der Waals surface area contributed by atoms with Crippen LogP contribution in [0.2, 0.25) is 0 Å². The number of aromatic nitrogens is 2. The SMILES string of the molecule is COc1cc2c(cc1-c1c(C)noc1C)C=CCN2Cc1cccnc1. The molecule has 5 nitrogen and oxygen atoms in total. The Morgan fingerprint density at radius 2 is 2.15 bits per heavy atom. The average Bonchev–Trinajstić information content (AvgIpc) is 3.00. The minimum atomic E-state index is 0.799. The lowest BCUT2D eigenvalue weighted by atomic mass is 9.97. The van der Waals surface area contributed by atoms with Gasteiger partial charge in [0, 0.05) is 42.8 Å². The van der Waals surface area contributed by atoms with Crippen LogP contribution < -0.4 is 9.64 Å². The molecule has 3 heterocycles. The maximum absolute atomic E-state index is 5.71. The van der Waals surface area contributed by atoms with Crippen molar-refractivity contribution in [3.8, 4) is 16.9 Å². The van der Waals surface area contributed by atoms with Crippen LogP contribution in [0.1, 0.15) is 22.6 Å². The van der Waals surface area contributed by atoms with E-state index < -0.39 is 0 Å². The Morgan fingerprint density at radius 3 is 2.85 bits per heavy atom. The molecule has 0 bridgehead atoms. The van der Waals surface area contributed by atoms with Crippen LogP contribution in [0, 0.1) is 13.8 Å². The molecule has 0 N–H and O–H groups in total. The number of methoxy groups -OCH3 is 1. The molecule has 5 heteroatoms. The summed E-state index contributed by atoms with van der Waals surface area (Å²) in [6.07, 6.45) is 8.05. The maximum Gasteiger partial charge on any atom is 0.141 e. The number of pyridine rings is 1. The minimum Gasteiger partial charge on any atom is -0.496 e. The molecule has 1 aliphatic rings. The number of rotatable bonds is 4. The zero-order chi connectivity index (χ0) is 18.1. The van der Waals surface area contributed by atoms with Crippen molar-refractivity contribution >= 4 is 11.8 Å². The summed E-state index contributed by atoms with van der Waals surface area (Å²) in [5.41, 5.74) is 6.38. The normalized spacial score (nSPS) is 13.0. The third kappa shape index (κ3) is 2.86. The van der Waals surface area contributed by atoms with Crippen LogP contribution in [-0.2, 0) is 6.54 Å². The van der Waals surface area contributed by atoms with Gasteiger partial charge >= 0.3 is 0 Å². The molecule has 3 aromatic rings. The van der Waals surface area contributed by atoms with E-state index in [1.165, 1.54) is 5.56 Å². The fourth-order valence-electron chi connectivity index (χ4n) is 3.49. The highest BCUT2D eigenvalue weighted by molar-refractivity contribution is 5.83. The Hall–Kier alpha value is -3.08. The van der Waals surface area contributed by atoms with E-state index in [-0.39, 0.29) is 0 Å². The standard InChI is InChI=1S/C21H21N3O2/c1-14-21(15(2)26-23-14)18-10-17-7-5-9-24(19(17)11-20(18)25-3)13-16-6-4-8-22-12-16/h4-8,10-12H,9,13H2,1-3H3. The molecule has 0 amide bonds. The largest absolute Gasteiger partial charge is 0.496 e. The lowest BCUT2D eigenvalue weighted by Gasteiger charge is -2.29. The number of ether oxygens (including phenoxy) is 1. The molecule has 26 heavy (non-hydrogen) atoms. The van der Waals surface area contributed by atoms with E-state index in [2.05, 4.69) is 45.4 Å². The number of hydrogen-bond acceptors (Lipinski definition) is 5. The van der Waals surface area contributed by atoms with Crippen molar-refractivity contribution in [2.24, 2.45) is 0 Å². The Labute approximate surface area is 152 Å². The second-order valence-corrected chi connectivity index (χ2v) is 6.45. The number of hydrogen-bond donors (Lipinski definition) is 0. The fraction of sp³-hybridized carbons (Fsp3) is 0.238. The maximum atomic E-state index is 5.71.